The van der Waals surface area contributed by atoms with Crippen molar-refractivity contribution in [3.05, 3.63) is 102 Å². The van der Waals surface area contributed by atoms with Gasteiger partial charge in [-0.25, -0.2) is 4.98 Å². The summed E-state index contributed by atoms with van der Waals surface area (Å²) in [6.45, 7) is 8.31. The normalized spacial score (nSPS) is 12.4. The molecule has 1 unspecified atom stereocenters. The average molecular weight is 493 g/mol. The van der Waals surface area contributed by atoms with Crippen molar-refractivity contribution < 1.29 is 9.47 Å². The second-order valence-electron chi connectivity index (χ2n) is 10.1. The third kappa shape index (κ3) is 5.48. The number of aromatic nitrogens is 2. The van der Waals surface area contributed by atoms with Crippen molar-refractivity contribution in [1.29, 1.82) is 0 Å². The van der Waals surface area contributed by atoms with E-state index < -0.39 is 0 Å². The molecule has 4 aromatic carbocycles. The summed E-state index contributed by atoms with van der Waals surface area (Å²) in [6, 6.07) is 29.8. The van der Waals surface area contributed by atoms with Crippen LogP contribution in [0.25, 0.3) is 21.8 Å². The lowest BCUT2D eigenvalue weighted by atomic mass is 9.97. The van der Waals surface area contributed by atoms with Crippen molar-refractivity contribution in [3.63, 3.8) is 0 Å². The molecule has 1 heterocycles. The number of ether oxygens (including phenoxy) is 2. The van der Waals surface area contributed by atoms with E-state index in [1.54, 1.807) is 7.11 Å². The van der Waals surface area contributed by atoms with Gasteiger partial charge in [0.25, 0.3) is 0 Å². The molecule has 0 N–H and O–H groups in total. The molecule has 4 heteroatoms. The summed E-state index contributed by atoms with van der Waals surface area (Å²) in [5.74, 6) is 3.65. The predicted octanol–water partition coefficient (Wildman–Crippen LogP) is 8.33. The standard InChI is InChI=1S/C33H36N2O2/c1-23(2)25-13-16-29(17-14-25)37-20-8-7-19-35-32-10-6-5-9-31(32)34-33(35)24(3)26-11-12-28-22-30(36-4)18-15-27(28)21-26/h5-6,9-18,21-24H,7-8,19-20H2,1-4H3. The molecule has 0 spiro atoms. The highest BCUT2D eigenvalue weighted by atomic mass is 16.5. The summed E-state index contributed by atoms with van der Waals surface area (Å²) in [4.78, 5) is 5.08. The first-order valence-corrected chi connectivity index (χ1v) is 13.3. The number of benzene rings is 4. The molecule has 190 valence electrons. The van der Waals surface area contributed by atoms with E-state index in [-0.39, 0.29) is 5.92 Å². The molecule has 0 amide bonds. The van der Waals surface area contributed by atoms with E-state index in [0.29, 0.717) is 12.5 Å². The van der Waals surface area contributed by atoms with Gasteiger partial charge in [0, 0.05) is 12.5 Å². The quantitative estimate of drug-likeness (QED) is 0.184. The monoisotopic (exact) mass is 492 g/mol. The second-order valence-corrected chi connectivity index (χ2v) is 10.1. The molecule has 4 nitrogen and oxygen atoms in total. The summed E-state index contributed by atoms with van der Waals surface area (Å²) >= 11 is 0. The van der Waals surface area contributed by atoms with E-state index in [0.717, 1.165) is 42.2 Å². The molecule has 0 aliphatic carbocycles. The fourth-order valence-corrected chi connectivity index (χ4v) is 4.96. The van der Waals surface area contributed by atoms with E-state index in [4.69, 9.17) is 14.5 Å². The van der Waals surface area contributed by atoms with E-state index in [1.165, 1.54) is 27.4 Å². The topological polar surface area (TPSA) is 36.3 Å². The summed E-state index contributed by atoms with van der Waals surface area (Å²) in [5.41, 5.74) is 4.85. The van der Waals surface area contributed by atoms with Crippen molar-refractivity contribution in [3.8, 4) is 11.5 Å². The Balaban J connectivity index is 1.30. The summed E-state index contributed by atoms with van der Waals surface area (Å²) in [6.07, 6.45) is 2.02. The number of hydrogen-bond acceptors (Lipinski definition) is 3. The van der Waals surface area contributed by atoms with Gasteiger partial charge in [-0.15, -0.1) is 0 Å². The van der Waals surface area contributed by atoms with Crippen molar-refractivity contribution in [2.24, 2.45) is 0 Å². The van der Waals surface area contributed by atoms with E-state index in [9.17, 15) is 0 Å². The number of unbranched alkanes of at least 4 members (excludes halogenated alkanes) is 1. The minimum absolute atomic E-state index is 0.176. The zero-order chi connectivity index (χ0) is 25.8. The summed E-state index contributed by atoms with van der Waals surface area (Å²) in [5, 5.41) is 2.40. The fourth-order valence-electron chi connectivity index (χ4n) is 4.96. The number of hydrogen-bond donors (Lipinski definition) is 0. The lowest BCUT2D eigenvalue weighted by Gasteiger charge is -2.16. The molecule has 0 saturated heterocycles. The van der Waals surface area contributed by atoms with Crippen molar-refractivity contribution >= 4 is 21.8 Å². The smallest absolute Gasteiger partial charge is 0.119 e. The third-order valence-electron chi connectivity index (χ3n) is 7.23. The first kappa shape index (κ1) is 24.9. The van der Waals surface area contributed by atoms with Gasteiger partial charge in [-0.05, 0) is 77.1 Å². The van der Waals surface area contributed by atoms with Gasteiger partial charge in [-0.1, -0.05) is 69.3 Å². The van der Waals surface area contributed by atoms with Crippen LogP contribution in [0.1, 0.15) is 62.4 Å². The predicted molar refractivity (Wildman–Crippen MR) is 153 cm³/mol. The molecule has 0 saturated carbocycles. The lowest BCUT2D eigenvalue weighted by molar-refractivity contribution is 0.303. The maximum absolute atomic E-state index is 6.02. The molecular formula is C33H36N2O2. The van der Waals surface area contributed by atoms with Crippen molar-refractivity contribution in [2.75, 3.05) is 13.7 Å². The van der Waals surface area contributed by atoms with Gasteiger partial charge in [0.05, 0.1) is 24.8 Å². The zero-order valence-corrected chi connectivity index (χ0v) is 22.3. The van der Waals surface area contributed by atoms with Crippen LogP contribution in [0.15, 0.2) is 84.9 Å². The molecular weight excluding hydrogens is 456 g/mol. The van der Waals surface area contributed by atoms with Crippen LogP contribution >= 0.6 is 0 Å². The first-order chi connectivity index (χ1) is 18.0. The van der Waals surface area contributed by atoms with Crippen LogP contribution in [0.2, 0.25) is 0 Å². The van der Waals surface area contributed by atoms with Gasteiger partial charge < -0.3 is 14.0 Å². The Kier molecular flexibility index (Phi) is 7.45. The molecule has 5 rings (SSSR count). The minimum Gasteiger partial charge on any atom is -0.497 e. The van der Waals surface area contributed by atoms with E-state index >= 15 is 0 Å². The molecule has 1 aromatic heterocycles. The summed E-state index contributed by atoms with van der Waals surface area (Å²) in [7, 11) is 1.71. The number of aryl methyl sites for hydroxylation is 1. The van der Waals surface area contributed by atoms with Gasteiger partial charge >= 0.3 is 0 Å². The van der Waals surface area contributed by atoms with Gasteiger partial charge in [0.2, 0.25) is 0 Å². The Bertz CT molecular complexity index is 1480. The van der Waals surface area contributed by atoms with Gasteiger partial charge in [0.1, 0.15) is 17.3 Å². The van der Waals surface area contributed by atoms with Crippen molar-refractivity contribution in [1.82, 2.24) is 9.55 Å². The number of nitrogens with zero attached hydrogens (tertiary/aromatic N) is 2. The molecule has 1 atom stereocenters. The number of rotatable bonds is 10. The van der Waals surface area contributed by atoms with Crippen molar-refractivity contribution in [2.45, 2.75) is 52.0 Å². The maximum atomic E-state index is 6.02. The van der Waals surface area contributed by atoms with Crippen LogP contribution in [-0.4, -0.2) is 23.3 Å². The van der Waals surface area contributed by atoms with Crippen LogP contribution in [0.3, 0.4) is 0 Å². The van der Waals surface area contributed by atoms with Gasteiger partial charge in [-0.3, -0.25) is 0 Å². The fraction of sp³-hybridized carbons (Fsp3) is 0.303. The molecule has 0 aliphatic heterocycles. The van der Waals surface area contributed by atoms with Gasteiger partial charge in [-0.2, -0.15) is 0 Å². The van der Waals surface area contributed by atoms with E-state index in [1.807, 2.05) is 6.07 Å². The Hall–Kier alpha value is -3.79. The van der Waals surface area contributed by atoms with Gasteiger partial charge in [0.15, 0.2) is 0 Å². The second kappa shape index (κ2) is 11.1. The number of para-hydroxylation sites is 2. The van der Waals surface area contributed by atoms with Crippen LogP contribution in [0.4, 0.5) is 0 Å². The lowest BCUT2D eigenvalue weighted by Crippen LogP contribution is -2.09. The highest BCUT2D eigenvalue weighted by Gasteiger charge is 2.18. The Morgan fingerprint density at radius 1 is 0.757 bits per heavy atom. The molecule has 0 fully saturated rings. The molecule has 37 heavy (non-hydrogen) atoms. The zero-order valence-electron chi connectivity index (χ0n) is 22.3. The molecule has 0 aliphatic rings. The maximum Gasteiger partial charge on any atom is 0.119 e. The number of fused-ring (bicyclic) bond motifs is 2. The van der Waals surface area contributed by atoms with Crippen LogP contribution in [0, 0.1) is 0 Å². The average Bonchev–Trinajstić information content (AvgIpc) is 3.30. The van der Waals surface area contributed by atoms with Crippen LogP contribution in [0.5, 0.6) is 11.5 Å². The Labute approximate surface area is 219 Å². The van der Waals surface area contributed by atoms with Crippen LogP contribution in [-0.2, 0) is 6.54 Å². The van der Waals surface area contributed by atoms with Crippen LogP contribution < -0.4 is 9.47 Å². The first-order valence-electron chi connectivity index (χ1n) is 13.3. The third-order valence-corrected chi connectivity index (χ3v) is 7.23. The minimum atomic E-state index is 0.176. The molecule has 0 bridgehead atoms. The Morgan fingerprint density at radius 2 is 1.46 bits per heavy atom. The summed E-state index contributed by atoms with van der Waals surface area (Å²) < 4.78 is 13.8. The number of imidazole rings is 1. The SMILES string of the molecule is COc1ccc2cc(C(C)c3nc4ccccc4n3CCCCOc3ccc(C(C)C)cc3)ccc2c1. The Morgan fingerprint density at radius 3 is 2.24 bits per heavy atom. The largest absolute Gasteiger partial charge is 0.497 e. The highest BCUT2D eigenvalue weighted by Crippen LogP contribution is 2.31. The molecule has 5 aromatic rings. The molecule has 0 radical (unpaired) electrons. The number of methoxy groups -OCH3 is 1. The van der Waals surface area contributed by atoms with E-state index in [2.05, 4.69) is 104 Å². The highest BCUT2D eigenvalue weighted by molar-refractivity contribution is 5.85.